The van der Waals surface area contributed by atoms with E-state index in [0.29, 0.717) is 0 Å². The van der Waals surface area contributed by atoms with Gasteiger partial charge in [-0.05, 0) is 111 Å². The van der Waals surface area contributed by atoms with E-state index in [9.17, 15) is 0 Å². The lowest BCUT2D eigenvalue weighted by atomic mass is 9.81. The predicted molar refractivity (Wildman–Crippen MR) is 248 cm³/mol. The van der Waals surface area contributed by atoms with Gasteiger partial charge in [0, 0.05) is 25.7 Å². The Kier molecular flexibility index (Phi) is 7.20. The molecule has 1 aromatic heterocycles. The minimum atomic E-state index is 1.22. The quantitative estimate of drug-likeness (QED) is 0.154. The Balaban J connectivity index is 1.17. The van der Waals surface area contributed by atoms with E-state index in [4.69, 9.17) is 0 Å². The largest absolute Gasteiger partial charge is 0.135 e. The second-order valence-electron chi connectivity index (χ2n) is 15.1. The third-order valence-corrected chi connectivity index (χ3v) is 13.3. The van der Waals surface area contributed by atoms with Crippen LogP contribution >= 0.6 is 11.3 Å². The Morgan fingerprint density at radius 1 is 0.246 bits per heavy atom. The second-order valence-corrected chi connectivity index (χ2v) is 16.2. The molecule has 12 rings (SSSR count). The van der Waals surface area contributed by atoms with Crippen LogP contribution in [0.1, 0.15) is 0 Å². The number of benzene rings is 11. The van der Waals surface area contributed by atoms with Crippen LogP contribution in [0.25, 0.3) is 119 Å². The van der Waals surface area contributed by atoms with E-state index in [0.717, 1.165) is 0 Å². The van der Waals surface area contributed by atoms with Crippen LogP contribution in [0, 0.1) is 0 Å². The van der Waals surface area contributed by atoms with E-state index in [1.165, 1.54) is 119 Å². The molecule has 0 saturated carbocycles. The van der Waals surface area contributed by atoms with E-state index in [1.807, 2.05) is 11.3 Å². The molecule has 1 heteroatoms. The van der Waals surface area contributed by atoms with Crippen LogP contribution in [0.2, 0.25) is 0 Å². The smallest absolute Gasteiger partial charge is 0.0434 e. The van der Waals surface area contributed by atoms with Crippen molar-refractivity contribution in [2.75, 3.05) is 0 Å². The van der Waals surface area contributed by atoms with E-state index in [1.54, 1.807) is 0 Å². The third kappa shape index (κ3) is 4.99. The molecule has 0 aliphatic carbocycles. The molecule has 0 spiro atoms. The van der Waals surface area contributed by atoms with Crippen LogP contribution in [-0.2, 0) is 0 Å². The molecule has 11 aromatic carbocycles. The van der Waals surface area contributed by atoms with Gasteiger partial charge in [-0.1, -0.05) is 188 Å². The Labute approximate surface area is 334 Å². The van der Waals surface area contributed by atoms with E-state index < -0.39 is 0 Å². The van der Waals surface area contributed by atoms with Gasteiger partial charge in [0.2, 0.25) is 0 Å². The van der Waals surface area contributed by atoms with Gasteiger partial charge >= 0.3 is 0 Å². The summed E-state index contributed by atoms with van der Waals surface area (Å²) in [6, 6.07) is 76.5. The fourth-order valence-electron chi connectivity index (χ4n) is 9.43. The average molecular weight is 739 g/mol. The summed E-state index contributed by atoms with van der Waals surface area (Å²) in [5.41, 5.74) is 12.5. The zero-order valence-corrected chi connectivity index (χ0v) is 31.9. The summed E-state index contributed by atoms with van der Waals surface area (Å²) in [5, 5.41) is 12.9. The summed E-state index contributed by atoms with van der Waals surface area (Å²) < 4.78 is 2.66. The van der Waals surface area contributed by atoms with Gasteiger partial charge in [0.1, 0.15) is 0 Å². The predicted octanol–water partition coefficient (Wildman–Crippen LogP) is 16.4. The molecule has 0 radical (unpaired) electrons. The minimum absolute atomic E-state index is 1.22. The summed E-state index contributed by atoms with van der Waals surface area (Å²) in [7, 11) is 0. The van der Waals surface area contributed by atoms with Crippen LogP contribution in [-0.4, -0.2) is 0 Å². The first-order valence-electron chi connectivity index (χ1n) is 19.7. The van der Waals surface area contributed by atoms with E-state index in [-0.39, 0.29) is 0 Å². The van der Waals surface area contributed by atoms with Gasteiger partial charge in [-0.25, -0.2) is 0 Å². The lowest BCUT2D eigenvalue weighted by molar-refractivity contribution is 1.62. The second kappa shape index (κ2) is 12.7. The van der Waals surface area contributed by atoms with Crippen LogP contribution in [0.4, 0.5) is 0 Å². The number of rotatable bonds is 5. The normalized spacial score (nSPS) is 11.9. The maximum atomic E-state index is 2.46. The molecule has 0 aliphatic heterocycles. The highest BCUT2D eigenvalue weighted by Gasteiger charge is 2.22. The minimum Gasteiger partial charge on any atom is -0.135 e. The van der Waals surface area contributed by atoms with Crippen molar-refractivity contribution in [3.63, 3.8) is 0 Å². The molecule has 12 aromatic rings. The van der Waals surface area contributed by atoms with Crippen molar-refractivity contribution in [3.8, 4) is 55.6 Å². The highest BCUT2D eigenvalue weighted by atomic mass is 32.1. The van der Waals surface area contributed by atoms with Crippen molar-refractivity contribution >= 4 is 74.6 Å². The summed E-state index contributed by atoms with van der Waals surface area (Å²) in [5.74, 6) is 0. The Morgan fingerprint density at radius 2 is 0.684 bits per heavy atom. The Morgan fingerprint density at radius 3 is 1.33 bits per heavy atom. The lowest BCUT2D eigenvalue weighted by Crippen LogP contribution is -1.94. The highest BCUT2D eigenvalue weighted by molar-refractivity contribution is 7.26. The van der Waals surface area contributed by atoms with Crippen LogP contribution in [0.5, 0.6) is 0 Å². The fraction of sp³-hybridized carbons (Fsp3) is 0. The van der Waals surface area contributed by atoms with E-state index >= 15 is 0 Å². The van der Waals surface area contributed by atoms with Crippen molar-refractivity contribution in [2.45, 2.75) is 0 Å². The summed E-state index contributed by atoms with van der Waals surface area (Å²) >= 11 is 1.90. The molecule has 0 bridgehead atoms. The molecular weight excluding hydrogens is 705 g/mol. The van der Waals surface area contributed by atoms with Gasteiger partial charge in [-0.15, -0.1) is 11.3 Å². The molecule has 0 nitrogen and oxygen atoms in total. The number of fused-ring (bicyclic) bond motifs is 4. The monoisotopic (exact) mass is 738 g/mol. The summed E-state index contributed by atoms with van der Waals surface area (Å²) in [4.78, 5) is 0. The van der Waals surface area contributed by atoms with Gasteiger partial charge in [-0.3, -0.25) is 0 Å². The molecule has 0 unspecified atom stereocenters. The van der Waals surface area contributed by atoms with Gasteiger partial charge in [0.15, 0.2) is 0 Å². The number of hydrogen-bond donors (Lipinski definition) is 0. The molecule has 0 amide bonds. The van der Waals surface area contributed by atoms with Crippen molar-refractivity contribution in [1.29, 1.82) is 0 Å². The SMILES string of the molecule is c1ccc(-c2cc(-c3ccc(-c4cccc5ccccc45)cc3)c3ccc4c(-c5ccccc5)cc(-c5cccc6c5sc5ccccc56)c5ccc2c3c45)cc1. The maximum absolute atomic E-state index is 2.46. The molecule has 1 heterocycles. The molecule has 0 atom stereocenters. The molecule has 0 fully saturated rings. The van der Waals surface area contributed by atoms with Crippen molar-refractivity contribution in [1.82, 2.24) is 0 Å². The topological polar surface area (TPSA) is 0 Å². The molecule has 264 valence electrons. The highest BCUT2D eigenvalue weighted by Crippen LogP contribution is 2.50. The Hall–Kier alpha value is -7.06. The van der Waals surface area contributed by atoms with Gasteiger partial charge in [0.05, 0.1) is 0 Å². The Bertz CT molecular complexity index is 3480. The first kappa shape index (κ1) is 32.2. The van der Waals surface area contributed by atoms with Crippen molar-refractivity contribution < 1.29 is 0 Å². The summed E-state index contributed by atoms with van der Waals surface area (Å²) in [6.07, 6.45) is 0. The molecule has 0 aliphatic rings. The van der Waals surface area contributed by atoms with Crippen LogP contribution in [0.15, 0.2) is 206 Å². The average Bonchev–Trinajstić information content (AvgIpc) is 3.67. The van der Waals surface area contributed by atoms with Crippen LogP contribution < -0.4 is 0 Å². The molecule has 0 N–H and O–H groups in total. The van der Waals surface area contributed by atoms with Crippen molar-refractivity contribution in [2.24, 2.45) is 0 Å². The number of hydrogen-bond acceptors (Lipinski definition) is 1. The van der Waals surface area contributed by atoms with Gasteiger partial charge < -0.3 is 0 Å². The van der Waals surface area contributed by atoms with E-state index in [2.05, 4.69) is 206 Å². The zero-order valence-electron chi connectivity index (χ0n) is 31.0. The maximum Gasteiger partial charge on any atom is 0.0434 e. The van der Waals surface area contributed by atoms with Crippen molar-refractivity contribution in [3.05, 3.63) is 206 Å². The van der Waals surface area contributed by atoms with Crippen LogP contribution in [0.3, 0.4) is 0 Å². The molecule has 0 saturated heterocycles. The first-order valence-corrected chi connectivity index (χ1v) is 20.5. The van der Waals surface area contributed by atoms with Gasteiger partial charge in [-0.2, -0.15) is 0 Å². The summed E-state index contributed by atoms with van der Waals surface area (Å²) in [6.45, 7) is 0. The standard InChI is InChI=1S/C56H34S/c1-3-13-36(14-4-1)49-33-50(39-27-25-38(26-28-39)41-21-11-18-35-17-7-8-19-40(35)41)44-29-30-45-51(37-15-5-2-6-16-37)34-52(46-32-31-43(49)54(44)55(45)46)48-23-12-22-47-42-20-9-10-24-53(42)57-56(47)48/h1-34H. The molecule has 57 heavy (non-hydrogen) atoms. The van der Waals surface area contributed by atoms with Gasteiger partial charge in [0.25, 0.3) is 0 Å². The lowest BCUT2D eigenvalue weighted by Gasteiger charge is -2.22. The fourth-order valence-corrected chi connectivity index (χ4v) is 10.7. The first-order chi connectivity index (χ1) is 28.3. The zero-order chi connectivity index (χ0) is 37.5. The third-order valence-electron chi connectivity index (χ3n) is 12.1. The number of thiophene rings is 1. The molecular formula is C56H34S.